The molecular weight excluding hydrogens is 324 g/mol. The van der Waals surface area contributed by atoms with Crippen molar-refractivity contribution < 1.29 is 13.2 Å². The number of nitrogens with one attached hydrogen (secondary N) is 3. The SMILES string of the molecule is CC(=O)NCc1ccc(S(=O)(=O)NCCN2CCNCC2)s1. The second kappa shape index (κ2) is 8.02. The fraction of sp³-hybridized carbons (Fsp3) is 0.615. The molecule has 1 saturated heterocycles. The third-order valence-corrected chi connectivity index (χ3v) is 6.38. The molecule has 0 saturated carbocycles. The molecule has 0 unspecified atom stereocenters. The Labute approximate surface area is 135 Å². The highest BCUT2D eigenvalue weighted by Crippen LogP contribution is 2.21. The number of amides is 1. The van der Waals surface area contributed by atoms with E-state index in [9.17, 15) is 13.2 Å². The van der Waals surface area contributed by atoms with Gasteiger partial charge in [-0.25, -0.2) is 13.1 Å². The minimum absolute atomic E-state index is 0.132. The third-order valence-electron chi connectivity index (χ3n) is 3.34. The first-order valence-corrected chi connectivity index (χ1v) is 9.53. The van der Waals surface area contributed by atoms with Gasteiger partial charge in [0, 0.05) is 51.1 Å². The molecule has 1 aromatic rings. The lowest BCUT2D eigenvalue weighted by Crippen LogP contribution is -2.46. The van der Waals surface area contributed by atoms with E-state index in [1.54, 1.807) is 12.1 Å². The Morgan fingerprint density at radius 3 is 2.77 bits per heavy atom. The lowest BCUT2D eigenvalue weighted by molar-refractivity contribution is -0.119. The van der Waals surface area contributed by atoms with E-state index in [0.717, 1.165) is 31.1 Å². The molecule has 1 aliphatic heterocycles. The van der Waals surface area contributed by atoms with E-state index in [-0.39, 0.29) is 10.1 Å². The number of rotatable bonds is 7. The van der Waals surface area contributed by atoms with Gasteiger partial charge in [0.05, 0.1) is 6.54 Å². The second-order valence-corrected chi connectivity index (χ2v) is 8.28. The molecule has 0 bridgehead atoms. The van der Waals surface area contributed by atoms with Gasteiger partial charge in [-0.3, -0.25) is 9.69 Å². The normalized spacial score (nSPS) is 16.6. The first-order chi connectivity index (χ1) is 10.5. The highest BCUT2D eigenvalue weighted by atomic mass is 32.2. The summed E-state index contributed by atoms with van der Waals surface area (Å²) in [6.07, 6.45) is 0. The molecule has 1 aromatic heterocycles. The topological polar surface area (TPSA) is 90.5 Å². The lowest BCUT2D eigenvalue weighted by Gasteiger charge is -2.26. The lowest BCUT2D eigenvalue weighted by atomic mass is 10.3. The van der Waals surface area contributed by atoms with Crippen LogP contribution in [0.4, 0.5) is 0 Å². The fourth-order valence-corrected chi connectivity index (χ4v) is 4.51. The maximum absolute atomic E-state index is 12.2. The zero-order valence-electron chi connectivity index (χ0n) is 12.6. The van der Waals surface area contributed by atoms with Crippen LogP contribution < -0.4 is 15.4 Å². The van der Waals surface area contributed by atoms with Gasteiger partial charge in [0.1, 0.15) is 4.21 Å². The highest BCUT2D eigenvalue weighted by Gasteiger charge is 2.17. The van der Waals surface area contributed by atoms with Crippen molar-refractivity contribution in [3.8, 4) is 0 Å². The molecule has 2 heterocycles. The summed E-state index contributed by atoms with van der Waals surface area (Å²) in [6, 6.07) is 3.31. The van der Waals surface area contributed by atoms with Crippen molar-refractivity contribution in [2.75, 3.05) is 39.3 Å². The van der Waals surface area contributed by atoms with Gasteiger partial charge in [0.15, 0.2) is 0 Å². The fourth-order valence-electron chi connectivity index (χ4n) is 2.15. The van der Waals surface area contributed by atoms with Crippen LogP contribution in [0.15, 0.2) is 16.3 Å². The summed E-state index contributed by atoms with van der Waals surface area (Å²) < 4.78 is 27.3. The summed E-state index contributed by atoms with van der Waals surface area (Å²) in [5.74, 6) is -0.132. The maximum Gasteiger partial charge on any atom is 0.250 e. The molecule has 124 valence electrons. The minimum atomic E-state index is -3.47. The van der Waals surface area contributed by atoms with Crippen LogP contribution >= 0.6 is 11.3 Å². The summed E-state index contributed by atoms with van der Waals surface area (Å²) in [4.78, 5) is 13.9. The predicted molar refractivity (Wildman–Crippen MR) is 86.3 cm³/mol. The van der Waals surface area contributed by atoms with Crippen molar-refractivity contribution in [2.45, 2.75) is 17.7 Å². The summed E-state index contributed by atoms with van der Waals surface area (Å²) >= 11 is 1.18. The molecular formula is C13H22N4O3S2. The molecule has 0 aromatic carbocycles. The van der Waals surface area contributed by atoms with E-state index in [1.807, 2.05) is 0 Å². The van der Waals surface area contributed by atoms with Crippen LogP contribution in [0.5, 0.6) is 0 Å². The zero-order chi connectivity index (χ0) is 16.0. The monoisotopic (exact) mass is 346 g/mol. The van der Waals surface area contributed by atoms with E-state index in [2.05, 4.69) is 20.3 Å². The van der Waals surface area contributed by atoms with Gasteiger partial charge in [-0.05, 0) is 12.1 Å². The molecule has 1 amide bonds. The van der Waals surface area contributed by atoms with Crippen molar-refractivity contribution in [2.24, 2.45) is 0 Å². The maximum atomic E-state index is 12.2. The van der Waals surface area contributed by atoms with Crippen molar-refractivity contribution in [1.82, 2.24) is 20.3 Å². The van der Waals surface area contributed by atoms with Crippen LogP contribution in [-0.2, 0) is 21.4 Å². The molecule has 22 heavy (non-hydrogen) atoms. The van der Waals surface area contributed by atoms with E-state index in [1.165, 1.54) is 18.3 Å². The Kier molecular flexibility index (Phi) is 6.33. The number of hydrogen-bond acceptors (Lipinski definition) is 6. The summed E-state index contributed by atoms with van der Waals surface area (Å²) in [7, 11) is -3.47. The van der Waals surface area contributed by atoms with Gasteiger partial charge >= 0.3 is 0 Å². The van der Waals surface area contributed by atoms with E-state index < -0.39 is 10.0 Å². The Bertz CT molecular complexity index is 594. The average molecular weight is 346 g/mol. The van der Waals surface area contributed by atoms with Gasteiger partial charge in [0.25, 0.3) is 0 Å². The third kappa shape index (κ3) is 5.33. The molecule has 0 radical (unpaired) electrons. The van der Waals surface area contributed by atoms with Crippen LogP contribution in [0.2, 0.25) is 0 Å². The van der Waals surface area contributed by atoms with Crippen LogP contribution in [0.1, 0.15) is 11.8 Å². The summed E-state index contributed by atoms with van der Waals surface area (Å²) in [5.41, 5.74) is 0. The number of sulfonamides is 1. The molecule has 7 nitrogen and oxygen atoms in total. The Balaban J connectivity index is 1.82. The summed E-state index contributed by atoms with van der Waals surface area (Å²) in [5, 5.41) is 5.92. The highest BCUT2D eigenvalue weighted by molar-refractivity contribution is 7.91. The number of carbonyl (C=O) groups excluding carboxylic acids is 1. The van der Waals surface area contributed by atoms with Crippen molar-refractivity contribution in [3.63, 3.8) is 0 Å². The van der Waals surface area contributed by atoms with Crippen molar-refractivity contribution in [1.29, 1.82) is 0 Å². The molecule has 1 fully saturated rings. The molecule has 0 spiro atoms. The molecule has 0 atom stereocenters. The number of carbonyl (C=O) groups is 1. The Morgan fingerprint density at radius 1 is 1.36 bits per heavy atom. The van der Waals surface area contributed by atoms with E-state index in [0.29, 0.717) is 19.6 Å². The van der Waals surface area contributed by atoms with E-state index in [4.69, 9.17) is 0 Å². The van der Waals surface area contributed by atoms with Gasteiger partial charge in [-0.2, -0.15) is 0 Å². The van der Waals surface area contributed by atoms with Crippen LogP contribution in [0, 0.1) is 0 Å². The zero-order valence-corrected chi connectivity index (χ0v) is 14.2. The second-order valence-electron chi connectivity index (χ2n) is 5.12. The molecule has 0 aliphatic carbocycles. The number of thiophene rings is 1. The Morgan fingerprint density at radius 2 is 2.09 bits per heavy atom. The molecule has 2 rings (SSSR count). The van der Waals surface area contributed by atoms with Crippen molar-refractivity contribution >= 4 is 27.3 Å². The van der Waals surface area contributed by atoms with Gasteiger partial charge in [-0.15, -0.1) is 11.3 Å². The number of hydrogen-bond donors (Lipinski definition) is 3. The van der Waals surface area contributed by atoms with Crippen LogP contribution in [0.25, 0.3) is 0 Å². The smallest absolute Gasteiger partial charge is 0.250 e. The Hall–Kier alpha value is -1.00. The standard InChI is InChI=1S/C13H22N4O3S2/c1-11(18)15-10-12-2-3-13(21-12)22(19,20)16-6-9-17-7-4-14-5-8-17/h2-3,14,16H,4-10H2,1H3,(H,15,18). The van der Waals surface area contributed by atoms with E-state index >= 15 is 0 Å². The molecule has 9 heteroatoms. The first kappa shape index (κ1) is 17.4. The predicted octanol–water partition coefficient (Wildman–Crippen LogP) is -0.432. The van der Waals surface area contributed by atoms with Crippen LogP contribution in [0.3, 0.4) is 0 Å². The number of nitrogens with zero attached hydrogens (tertiary/aromatic N) is 1. The van der Waals surface area contributed by atoms with Crippen molar-refractivity contribution in [3.05, 3.63) is 17.0 Å². The first-order valence-electron chi connectivity index (χ1n) is 7.23. The van der Waals surface area contributed by atoms with Gasteiger partial charge in [-0.1, -0.05) is 0 Å². The van der Waals surface area contributed by atoms with Gasteiger partial charge in [0.2, 0.25) is 15.9 Å². The quantitative estimate of drug-likeness (QED) is 0.623. The molecule has 1 aliphatic rings. The van der Waals surface area contributed by atoms with Crippen LogP contribution in [-0.4, -0.2) is 58.5 Å². The largest absolute Gasteiger partial charge is 0.351 e. The number of piperazine rings is 1. The molecule has 3 N–H and O–H groups in total. The minimum Gasteiger partial charge on any atom is -0.351 e. The average Bonchev–Trinajstić information content (AvgIpc) is 2.96. The summed E-state index contributed by atoms with van der Waals surface area (Å²) in [6.45, 7) is 6.70. The van der Waals surface area contributed by atoms with Gasteiger partial charge < -0.3 is 10.6 Å².